The first kappa shape index (κ1) is 21.9. The van der Waals surface area contributed by atoms with Crippen LogP contribution in [0.5, 0.6) is 0 Å². The average molecular weight is 445 g/mol. The van der Waals surface area contributed by atoms with Crippen LogP contribution in [-0.2, 0) is 4.79 Å². The van der Waals surface area contributed by atoms with E-state index in [0.29, 0.717) is 26.8 Å². The van der Waals surface area contributed by atoms with Gasteiger partial charge in [0.1, 0.15) is 0 Å². The molecule has 3 amide bonds. The second-order valence-electron chi connectivity index (χ2n) is 7.17. The van der Waals surface area contributed by atoms with Crippen LogP contribution in [0.1, 0.15) is 19.4 Å². The molecule has 1 atom stereocenters. The van der Waals surface area contributed by atoms with Gasteiger partial charge in [-0.3, -0.25) is 19.5 Å². The lowest BCUT2D eigenvalue weighted by atomic mass is 10.1. The van der Waals surface area contributed by atoms with Crippen molar-refractivity contribution < 1.29 is 9.59 Å². The maximum atomic E-state index is 13.3. The summed E-state index contributed by atoms with van der Waals surface area (Å²) < 4.78 is 1.47. The molecule has 0 unspecified atom stereocenters. The minimum atomic E-state index is -0.930. The highest BCUT2D eigenvalue weighted by atomic mass is 35.5. The number of thioether (sulfide) groups is 1. The van der Waals surface area contributed by atoms with E-state index in [9.17, 15) is 14.4 Å². The van der Waals surface area contributed by atoms with Gasteiger partial charge in [-0.05, 0) is 43.2 Å². The van der Waals surface area contributed by atoms with Crippen molar-refractivity contribution in [1.82, 2.24) is 14.9 Å². The Labute approximate surface area is 182 Å². The summed E-state index contributed by atoms with van der Waals surface area (Å²) in [5.41, 5.74) is 6.92. The smallest absolute Gasteiger partial charge is 0.318 e. The average Bonchev–Trinajstić information content (AvgIpc) is 2.66. The van der Waals surface area contributed by atoms with Crippen molar-refractivity contribution in [2.45, 2.75) is 31.2 Å². The largest absolute Gasteiger partial charge is 0.351 e. The highest BCUT2D eigenvalue weighted by Crippen LogP contribution is 2.30. The lowest BCUT2D eigenvalue weighted by molar-refractivity contribution is -0.120. The minimum absolute atomic E-state index is 0.159. The molecule has 3 N–H and O–H groups in total. The molecule has 7 nitrogen and oxygen atoms in total. The number of nitrogens with two attached hydrogens (primary N) is 1. The fourth-order valence-corrected chi connectivity index (χ4v) is 4.21. The van der Waals surface area contributed by atoms with Crippen LogP contribution in [0.15, 0.2) is 52.4 Å². The Morgan fingerprint density at radius 2 is 1.83 bits per heavy atom. The summed E-state index contributed by atoms with van der Waals surface area (Å²) in [6.07, 6.45) is 0. The van der Waals surface area contributed by atoms with Crippen LogP contribution in [0.3, 0.4) is 0 Å². The van der Waals surface area contributed by atoms with Crippen molar-refractivity contribution >= 4 is 46.2 Å². The molecule has 0 radical (unpaired) electrons. The number of primary amides is 1. The maximum absolute atomic E-state index is 13.3. The molecule has 3 aromatic rings. The lowest BCUT2D eigenvalue weighted by Crippen LogP contribution is -2.42. The molecule has 0 aliphatic rings. The number of imide groups is 1. The van der Waals surface area contributed by atoms with E-state index in [4.69, 9.17) is 17.3 Å². The van der Waals surface area contributed by atoms with Crippen LogP contribution < -0.4 is 16.6 Å². The monoisotopic (exact) mass is 444 g/mol. The van der Waals surface area contributed by atoms with Crippen LogP contribution in [0, 0.1) is 12.8 Å². The van der Waals surface area contributed by atoms with Gasteiger partial charge in [0, 0.05) is 5.02 Å². The van der Waals surface area contributed by atoms with Crippen LogP contribution in [0.4, 0.5) is 4.79 Å². The Hall–Kier alpha value is -2.84. The second-order valence-corrected chi connectivity index (χ2v) is 8.71. The van der Waals surface area contributed by atoms with Gasteiger partial charge in [0.15, 0.2) is 5.16 Å². The Kier molecular flexibility index (Phi) is 6.48. The number of urea groups is 1. The van der Waals surface area contributed by atoms with Gasteiger partial charge in [0.25, 0.3) is 5.56 Å². The van der Waals surface area contributed by atoms with Gasteiger partial charge >= 0.3 is 6.03 Å². The van der Waals surface area contributed by atoms with Crippen molar-refractivity contribution in [3.63, 3.8) is 0 Å². The third kappa shape index (κ3) is 4.66. The molecule has 30 heavy (non-hydrogen) atoms. The lowest BCUT2D eigenvalue weighted by Gasteiger charge is -2.21. The number of nitrogens with zero attached hydrogens (tertiary/aromatic N) is 2. The first-order valence-corrected chi connectivity index (χ1v) is 10.5. The molecule has 0 saturated carbocycles. The Morgan fingerprint density at radius 3 is 2.43 bits per heavy atom. The van der Waals surface area contributed by atoms with E-state index in [1.54, 1.807) is 18.2 Å². The molecule has 0 spiro atoms. The van der Waals surface area contributed by atoms with Crippen molar-refractivity contribution in [1.29, 1.82) is 0 Å². The van der Waals surface area contributed by atoms with Gasteiger partial charge in [-0.15, -0.1) is 0 Å². The fourth-order valence-electron chi connectivity index (χ4n) is 2.94. The van der Waals surface area contributed by atoms with E-state index in [-0.39, 0.29) is 11.5 Å². The number of hydrogen-bond donors (Lipinski definition) is 2. The number of halogens is 1. The predicted molar refractivity (Wildman–Crippen MR) is 119 cm³/mol. The predicted octanol–water partition coefficient (Wildman–Crippen LogP) is 3.66. The van der Waals surface area contributed by atoms with Gasteiger partial charge in [0.05, 0.1) is 21.8 Å². The Bertz CT molecular complexity index is 1180. The number of hydrogen-bond acceptors (Lipinski definition) is 5. The van der Waals surface area contributed by atoms with E-state index in [2.05, 4.69) is 10.3 Å². The number of aromatic nitrogens is 2. The van der Waals surface area contributed by atoms with Gasteiger partial charge in [-0.2, -0.15) is 0 Å². The topological polar surface area (TPSA) is 107 Å². The highest BCUT2D eigenvalue weighted by Gasteiger charge is 2.27. The molecule has 0 fully saturated rings. The van der Waals surface area contributed by atoms with E-state index < -0.39 is 17.2 Å². The van der Waals surface area contributed by atoms with Gasteiger partial charge in [-0.25, -0.2) is 9.78 Å². The van der Waals surface area contributed by atoms with Crippen molar-refractivity contribution in [2.75, 3.05) is 0 Å². The maximum Gasteiger partial charge on any atom is 0.318 e. The van der Waals surface area contributed by atoms with Gasteiger partial charge < -0.3 is 5.73 Å². The minimum Gasteiger partial charge on any atom is -0.351 e. The molecule has 0 aliphatic heterocycles. The number of fused-ring (bicyclic) bond motifs is 1. The summed E-state index contributed by atoms with van der Waals surface area (Å²) in [6, 6.07) is 11.4. The van der Waals surface area contributed by atoms with Crippen molar-refractivity contribution in [3.8, 4) is 5.69 Å². The van der Waals surface area contributed by atoms with E-state index in [1.165, 1.54) is 4.57 Å². The standard InChI is InChI=1S/C21H21ClN4O3S/c1-11(2)17(18(27)25-20(23)29)30-21-24-16-10-13(22)6-9-15(16)19(28)26(21)14-7-4-12(3)5-8-14/h4-11,17H,1-3H3,(H3,23,25,27,29)/t17-/m0/s1. The third-order valence-corrected chi connectivity index (χ3v) is 6.17. The van der Waals surface area contributed by atoms with E-state index in [0.717, 1.165) is 17.3 Å². The number of carbonyl (C=O) groups is 2. The zero-order valence-corrected chi connectivity index (χ0v) is 18.3. The van der Waals surface area contributed by atoms with Crippen LogP contribution in [0.2, 0.25) is 5.02 Å². The van der Waals surface area contributed by atoms with Crippen molar-refractivity contribution in [2.24, 2.45) is 11.7 Å². The quantitative estimate of drug-likeness (QED) is 0.461. The number of carbonyl (C=O) groups excluding carboxylic acids is 2. The summed E-state index contributed by atoms with van der Waals surface area (Å²) in [5, 5.41) is 2.59. The first-order valence-electron chi connectivity index (χ1n) is 9.23. The molecule has 0 bridgehead atoms. The number of nitrogens with one attached hydrogen (secondary N) is 1. The molecule has 9 heteroatoms. The third-order valence-electron chi connectivity index (χ3n) is 4.44. The molecular weight excluding hydrogens is 424 g/mol. The summed E-state index contributed by atoms with van der Waals surface area (Å²) >= 11 is 7.19. The zero-order chi connectivity index (χ0) is 22.0. The summed E-state index contributed by atoms with van der Waals surface area (Å²) in [6.45, 7) is 5.63. The zero-order valence-electron chi connectivity index (χ0n) is 16.7. The first-order chi connectivity index (χ1) is 14.2. The summed E-state index contributed by atoms with van der Waals surface area (Å²) in [5.74, 6) is -0.703. The molecule has 0 aliphatic carbocycles. The summed E-state index contributed by atoms with van der Waals surface area (Å²) in [4.78, 5) is 41.7. The molecule has 1 aromatic heterocycles. The van der Waals surface area contributed by atoms with Crippen LogP contribution in [-0.4, -0.2) is 26.7 Å². The molecule has 156 valence electrons. The Balaban J connectivity index is 2.21. The van der Waals surface area contributed by atoms with Crippen LogP contribution in [0.25, 0.3) is 16.6 Å². The number of rotatable bonds is 5. The van der Waals surface area contributed by atoms with Crippen LogP contribution >= 0.6 is 23.4 Å². The fraction of sp³-hybridized carbons (Fsp3) is 0.238. The normalized spacial score (nSPS) is 12.2. The molecule has 1 heterocycles. The number of benzene rings is 2. The number of aryl methyl sites for hydroxylation is 1. The molecule has 0 saturated heterocycles. The molecular formula is C21H21ClN4O3S. The van der Waals surface area contributed by atoms with Crippen molar-refractivity contribution in [3.05, 3.63) is 63.4 Å². The van der Waals surface area contributed by atoms with E-state index >= 15 is 0 Å². The van der Waals surface area contributed by atoms with E-state index in [1.807, 2.05) is 45.0 Å². The highest BCUT2D eigenvalue weighted by molar-refractivity contribution is 8.00. The number of amides is 3. The molecule has 2 aromatic carbocycles. The Morgan fingerprint density at radius 1 is 1.17 bits per heavy atom. The SMILES string of the molecule is Cc1ccc(-n2c(S[C@H](C(=O)NC(N)=O)C(C)C)nc3cc(Cl)ccc3c2=O)cc1. The second kappa shape index (κ2) is 8.89. The van der Waals surface area contributed by atoms with Gasteiger partial charge in [-0.1, -0.05) is 54.9 Å². The van der Waals surface area contributed by atoms with Gasteiger partial charge in [0.2, 0.25) is 5.91 Å². The summed E-state index contributed by atoms with van der Waals surface area (Å²) in [7, 11) is 0. The molecule has 3 rings (SSSR count).